The molecule has 0 aliphatic rings. The molecule has 6 nitrogen and oxygen atoms in total. The number of Topliss-reactive ketones (excluding diaryl/α,β-unsaturated/α-hetero) is 3. The summed E-state index contributed by atoms with van der Waals surface area (Å²) >= 11 is 0. The highest BCUT2D eigenvalue weighted by molar-refractivity contribution is 5.93. The Morgan fingerprint density at radius 3 is 2.21 bits per heavy atom. The van der Waals surface area contributed by atoms with Crippen molar-refractivity contribution < 1.29 is 19.2 Å². The van der Waals surface area contributed by atoms with Gasteiger partial charge in [-0.2, -0.15) is 0 Å². The number of ketones is 3. The quantitative estimate of drug-likeness (QED) is 0.539. The van der Waals surface area contributed by atoms with Crippen LogP contribution in [-0.2, 0) is 25.6 Å². The maximum Gasteiger partial charge on any atom is 0.224 e. The van der Waals surface area contributed by atoms with E-state index in [0.717, 1.165) is 5.56 Å². The Morgan fingerprint density at radius 1 is 1.04 bits per heavy atom. The first-order valence-electron chi connectivity index (χ1n) is 9.81. The number of hydrogen-bond donors (Lipinski definition) is 2. The second kappa shape index (κ2) is 12.2. The van der Waals surface area contributed by atoms with Gasteiger partial charge in [0.1, 0.15) is 11.6 Å². The molecule has 0 fully saturated rings. The maximum atomic E-state index is 12.9. The van der Waals surface area contributed by atoms with Gasteiger partial charge in [0.05, 0.1) is 12.6 Å². The summed E-state index contributed by atoms with van der Waals surface area (Å²) in [5.41, 5.74) is 6.37. The average molecular weight is 389 g/mol. The van der Waals surface area contributed by atoms with Crippen molar-refractivity contribution in [2.45, 2.75) is 58.9 Å². The fraction of sp³-hybridized carbons (Fsp3) is 0.545. The number of rotatable bonds is 13. The maximum absolute atomic E-state index is 12.9. The van der Waals surface area contributed by atoms with Crippen molar-refractivity contribution in [2.75, 3.05) is 6.54 Å². The molecule has 2 atom stereocenters. The standard InChI is InChI=1S/C22H32N2O4/c1-15(2)11-20(21(27)10-9-16(3)25)24-22(28)18(13-19(26)14-23)12-17-7-5-4-6-8-17/h4-8,15,18,20H,9-14,23H2,1-3H3,(H,24,28). The van der Waals surface area contributed by atoms with Gasteiger partial charge in [-0.05, 0) is 31.2 Å². The third-order valence-electron chi connectivity index (χ3n) is 4.53. The molecule has 154 valence electrons. The van der Waals surface area contributed by atoms with Crippen LogP contribution in [0.4, 0.5) is 0 Å². The molecule has 0 aliphatic carbocycles. The summed E-state index contributed by atoms with van der Waals surface area (Å²) < 4.78 is 0. The van der Waals surface area contributed by atoms with E-state index in [2.05, 4.69) is 5.32 Å². The minimum absolute atomic E-state index is 0.0350. The molecular weight excluding hydrogens is 356 g/mol. The summed E-state index contributed by atoms with van der Waals surface area (Å²) in [6, 6.07) is 8.78. The van der Waals surface area contributed by atoms with Crippen LogP contribution in [0.3, 0.4) is 0 Å². The summed E-state index contributed by atoms with van der Waals surface area (Å²) in [6.45, 7) is 5.26. The summed E-state index contributed by atoms with van der Waals surface area (Å²) in [4.78, 5) is 48.5. The highest BCUT2D eigenvalue weighted by atomic mass is 16.2. The smallest absolute Gasteiger partial charge is 0.224 e. The molecule has 1 amide bonds. The number of benzene rings is 1. The van der Waals surface area contributed by atoms with E-state index in [-0.39, 0.29) is 55.0 Å². The topological polar surface area (TPSA) is 106 Å². The predicted molar refractivity (Wildman–Crippen MR) is 109 cm³/mol. The lowest BCUT2D eigenvalue weighted by Gasteiger charge is -2.23. The summed E-state index contributed by atoms with van der Waals surface area (Å²) in [5, 5.41) is 2.83. The first-order chi connectivity index (χ1) is 13.2. The number of carbonyl (C=O) groups excluding carboxylic acids is 4. The Bertz CT molecular complexity index is 670. The largest absolute Gasteiger partial charge is 0.346 e. The predicted octanol–water partition coefficient (Wildman–Crippen LogP) is 2.23. The minimum atomic E-state index is -0.655. The normalized spacial score (nSPS) is 13.0. The zero-order valence-electron chi connectivity index (χ0n) is 17.1. The van der Waals surface area contributed by atoms with E-state index in [4.69, 9.17) is 5.73 Å². The van der Waals surface area contributed by atoms with Gasteiger partial charge in [0, 0.05) is 25.2 Å². The van der Waals surface area contributed by atoms with Gasteiger partial charge in [-0.3, -0.25) is 14.4 Å². The molecule has 0 bridgehead atoms. The van der Waals surface area contributed by atoms with Crippen molar-refractivity contribution >= 4 is 23.3 Å². The molecule has 1 aromatic rings. The molecule has 3 N–H and O–H groups in total. The van der Waals surface area contributed by atoms with E-state index in [9.17, 15) is 19.2 Å². The monoisotopic (exact) mass is 388 g/mol. The second-order valence-corrected chi connectivity index (χ2v) is 7.69. The van der Waals surface area contributed by atoms with Crippen molar-refractivity contribution in [3.8, 4) is 0 Å². The molecule has 1 aromatic carbocycles. The molecule has 0 saturated carbocycles. The third-order valence-corrected chi connectivity index (χ3v) is 4.53. The Hall–Kier alpha value is -2.34. The van der Waals surface area contributed by atoms with E-state index in [1.807, 2.05) is 44.2 Å². The Labute approximate surface area is 167 Å². The Kier molecular flexibility index (Phi) is 10.3. The van der Waals surface area contributed by atoms with Gasteiger partial charge in [-0.1, -0.05) is 44.2 Å². The SMILES string of the molecule is CC(=O)CCC(=O)C(CC(C)C)NC(=O)C(CC(=O)CN)Cc1ccccc1. The first-order valence-corrected chi connectivity index (χ1v) is 9.81. The first kappa shape index (κ1) is 23.7. The van der Waals surface area contributed by atoms with Gasteiger partial charge in [0.15, 0.2) is 5.78 Å². The van der Waals surface area contributed by atoms with E-state index >= 15 is 0 Å². The van der Waals surface area contributed by atoms with Crippen LogP contribution < -0.4 is 11.1 Å². The summed E-state index contributed by atoms with van der Waals surface area (Å²) in [5.74, 6) is -1.12. The van der Waals surface area contributed by atoms with Crippen LogP contribution in [0.25, 0.3) is 0 Å². The Morgan fingerprint density at radius 2 is 1.68 bits per heavy atom. The zero-order valence-corrected chi connectivity index (χ0v) is 17.1. The van der Waals surface area contributed by atoms with Crippen LogP contribution in [0.15, 0.2) is 30.3 Å². The number of nitrogens with one attached hydrogen (secondary N) is 1. The van der Waals surface area contributed by atoms with Crippen LogP contribution in [0.2, 0.25) is 0 Å². The molecule has 0 heterocycles. The van der Waals surface area contributed by atoms with Crippen LogP contribution >= 0.6 is 0 Å². The average Bonchev–Trinajstić information content (AvgIpc) is 2.65. The number of hydrogen-bond acceptors (Lipinski definition) is 5. The fourth-order valence-electron chi connectivity index (χ4n) is 3.02. The number of amides is 1. The molecular formula is C22H32N2O4. The van der Waals surface area contributed by atoms with E-state index in [1.54, 1.807) is 0 Å². The second-order valence-electron chi connectivity index (χ2n) is 7.69. The molecule has 6 heteroatoms. The van der Waals surface area contributed by atoms with Gasteiger partial charge in [-0.15, -0.1) is 0 Å². The molecule has 0 aromatic heterocycles. The van der Waals surface area contributed by atoms with Crippen LogP contribution in [-0.4, -0.2) is 35.8 Å². The van der Waals surface area contributed by atoms with Crippen molar-refractivity contribution in [2.24, 2.45) is 17.6 Å². The fourth-order valence-corrected chi connectivity index (χ4v) is 3.02. The molecule has 28 heavy (non-hydrogen) atoms. The number of nitrogens with two attached hydrogens (primary N) is 1. The van der Waals surface area contributed by atoms with Crippen molar-refractivity contribution in [1.82, 2.24) is 5.32 Å². The van der Waals surface area contributed by atoms with Crippen LogP contribution in [0.5, 0.6) is 0 Å². The number of carbonyl (C=O) groups is 4. The van der Waals surface area contributed by atoms with Crippen molar-refractivity contribution in [3.05, 3.63) is 35.9 Å². The lowest BCUT2D eigenvalue weighted by Crippen LogP contribution is -2.45. The molecule has 0 saturated heterocycles. The highest BCUT2D eigenvalue weighted by Gasteiger charge is 2.27. The van der Waals surface area contributed by atoms with Gasteiger partial charge in [0.2, 0.25) is 5.91 Å². The minimum Gasteiger partial charge on any atom is -0.346 e. The van der Waals surface area contributed by atoms with E-state index < -0.39 is 12.0 Å². The van der Waals surface area contributed by atoms with Crippen molar-refractivity contribution in [3.63, 3.8) is 0 Å². The van der Waals surface area contributed by atoms with E-state index in [1.165, 1.54) is 6.92 Å². The van der Waals surface area contributed by atoms with Gasteiger partial charge in [-0.25, -0.2) is 0 Å². The lowest BCUT2D eigenvalue weighted by molar-refractivity contribution is -0.132. The third kappa shape index (κ3) is 9.04. The van der Waals surface area contributed by atoms with E-state index in [0.29, 0.717) is 12.8 Å². The lowest BCUT2D eigenvalue weighted by atomic mass is 9.91. The molecule has 2 unspecified atom stereocenters. The molecule has 0 spiro atoms. The summed E-state index contributed by atoms with van der Waals surface area (Å²) in [6.07, 6.45) is 1.20. The molecule has 0 aliphatic heterocycles. The van der Waals surface area contributed by atoms with Crippen LogP contribution in [0, 0.1) is 11.8 Å². The van der Waals surface area contributed by atoms with Gasteiger partial charge < -0.3 is 15.8 Å². The van der Waals surface area contributed by atoms with Gasteiger partial charge >= 0.3 is 0 Å². The van der Waals surface area contributed by atoms with Crippen LogP contribution in [0.1, 0.15) is 52.0 Å². The summed E-state index contributed by atoms with van der Waals surface area (Å²) in [7, 11) is 0. The molecule has 0 radical (unpaired) electrons. The van der Waals surface area contributed by atoms with Crippen molar-refractivity contribution in [1.29, 1.82) is 0 Å². The zero-order chi connectivity index (χ0) is 21.1. The van der Waals surface area contributed by atoms with Gasteiger partial charge in [0.25, 0.3) is 0 Å². The highest BCUT2D eigenvalue weighted by Crippen LogP contribution is 2.16. The Balaban J connectivity index is 2.90. The molecule has 1 rings (SSSR count).